The molecule has 2 aliphatic carbocycles. The molecule has 0 atom stereocenters. The Hall–Kier alpha value is 0. The summed E-state index contributed by atoms with van der Waals surface area (Å²) in [5.74, 6) is 3.98. The summed E-state index contributed by atoms with van der Waals surface area (Å²) in [6, 6.07) is 0. The summed E-state index contributed by atoms with van der Waals surface area (Å²) in [6.45, 7) is 23.3. The van der Waals surface area contributed by atoms with Crippen LogP contribution in [0, 0.1) is 34.5 Å². The zero-order valence-corrected chi connectivity index (χ0v) is 23.2. The summed E-state index contributed by atoms with van der Waals surface area (Å²) in [7, 11) is 0. The lowest BCUT2D eigenvalue weighted by Gasteiger charge is -2.33. The SMILES string of the molecule is CC(C)(C)C1CCCCC1.CC(C)CCC(C)(C)C.CCCCC1CCC(C)CC1. The normalized spacial score (nSPS) is 23.3. The van der Waals surface area contributed by atoms with Gasteiger partial charge in [0.25, 0.3) is 0 Å². The first-order valence-corrected chi connectivity index (χ1v) is 13.8. The van der Waals surface area contributed by atoms with E-state index in [-0.39, 0.29) is 0 Å². The predicted octanol–water partition coefficient (Wildman–Crippen LogP) is 11.1. The predicted molar refractivity (Wildman–Crippen MR) is 140 cm³/mol. The van der Waals surface area contributed by atoms with Gasteiger partial charge in [0.15, 0.2) is 0 Å². The van der Waals surface area contributed by atoms with Gasteiger partial charge in [-0.2, -0.15) is 0 Å². The highest BCUT2D eigenvalue weighted by Crippen LogP contribution is 2.37. The van der Waals surface area contributed by atoms with Gasteiger partial charge < -0.3 is 0 Å². The highest BCUT2D eigenvalue weighted by Gasteiger charge is 2.25. The van der Waals surface area contributed by atoms with E-state index in [4.69, 9.17) is 0 Å². The van der Waals surface area contributed by atoms with E-state index in [1.54, 1.807) is 0 Å². The molecule has 0 bridgehead atoms. The fourth-order valence-electron chi connectivity index (χ4n) is 4.80. The Kier molecular flexibility index (Phi) is 15.7. The molecular formula is C30H62. The molecule has 0 spiro atoms. The number of rotatable bonds is 5. The topological polar surface area (TPSA) is 0 Å². The van der Waals surface area contributed by atoms with Crippen molar-refractivity contribution in [1.29, 1.82) is 0 Å². The molecule has 0 aliphatic heterocycles. The molecule has 0 radical (unpaired) electrons. The van der Waals surface area contributed by atoms with Crippen molar-refractivity contribution in [3.8, 4) is 0 Å². The van der Waals surface area contributed by atoms with Crippen molar-refractivity contribution in [2.75, 3.05) is 0 Å². The molecule has 30 heavy (non-hydrogen) atoms. The second kappa shape index (κ2) is 15.7. The molecule has 0 saturated heterocycles. The van der Waals surface area contributed by atoms with E-state index in [9.17, 15) is 0 Å². The largest absolute Gasteiger partial charge is 0.0654 e. The van der Waals surface area contributed by atoms with Crippen LogP contribution in [0.25, 0.3) is 0 Å². The fourth-order valence-corrected chi connectivity index (χ4v) is 4.80. The van der Waals surface area contributed by atoms with Gasteiger partial charge >= 0.3 is 0 Å². The lowest BCUT2D eigenvalue weighted by molar-refractivity contribution is 0.180. The van der Waals surface area contributed by atoms with E-state index in [1.165, 1.54) is 89.9 Å². The minimum Gasteiger partial charge on any atom is -0.0654 e. The molecule has 2 fully saturated rings. The Morgan fingerprint density at radius 2 is 1.30 bits per heavy atom. The summed E-state index contributed by atoms with van der Waals surface area (Å²) in [5.41, 5.74) is 1.10. The second-order valence-corrected chi connectivity index (χ2v) is 13.5. The van der Waals surface area contributed by atoms with Crippen molar-refractivity contribution in [3.05, 3.63) is 0 Å². The highest BCUT2D eigenvalue weighted by atomic mass is 14.3. The van der Waals surface area contributed by atoms with Crippen molar-refractivity contribution in [2.24, 2.45) is 34.5 Å². The Bertz CT molecular complexity index is 361. The van der Waals surface area contributed by atoms with Crippen molar-refractivity contribution >= 4 is 0 Å². The maximum absolute atomic E-state index is 2.40. The van der Waals surface area contributed by atoms with Crippen LogP contribution < -0.4 is 0 Å². The van der Waals surface area contributed by atoms with Crippen LogP contribution in [0.3, 0.4) is 0 Å². The molecule has 0 aromatic carbocycles. The van der Waals surface area contributed by atoms with Crippen LogP contribution in [-0.2, 0) is 0 Å². The van der Waals surface area contributed by atoms with Gasteiger partial charge in [0.1, 0.15) is 0 Å². The van der Waals surface area contributed by atoms with Crippen LogP contribution in [-0.4, -0.2) is 0 Å². The van der Waals surface area contributed by atoms with E-state index in [2.05, 4.69) is 69.2 Å². The van der Waals surface area contributed by atoms with E-state index in [0.717, 1.165) is 23.7 Å². The van der Waals surface area contributed by atoms with Gasteiger partial charge in [0.05, 0.1) is 0 Å². The van der Waals surface area contributed by atoms with Gasteiger partial charge in [-0.15, -0.1) is 0 Å². The quantitative estimate of drug-likeness (QED) is 0.413. The molecule has 0 aromatic rings. The third-order valence-corrected chi connectivity index (χ3v) is 7.40. The molecule has 0 aromatic heterocycles. The molecule has 0 amide bonds. The first-order valence-electron chi connectivity index (χ1n) is 13.8. The fraction of sp³-hybridized carbons (Fsp3) is 1.00. The van der Waals surface area contributed by atoms with Crippen molar-refractivity contribution < 1.29 is 0 Å². The summed E-state index contributed by atoms with van der Waals surface area (Å²) in [5, 5.41) is 0. The second-order valence-electron chi connectivity index (χ2n) is 13.5. The molecule has 2 aliphatic rings. The van der Waals surface area contributed by atoms with Gasteiger partial charge in [-0.3, -0.25) is 0 Å². The number of hydrogen-bond donors (Lipinski definition) is 0. The molecular weight excluding hydrogens is 360 g/mol. The molecule has 0 unspecified atom stereocenters. The van der Waals surface area contributed by atoms with Crippen molar-refractivity contribution in [3.63, 3.8) is 0 Å². The maximum Gasteiger partial charge on any atom is -0.0354 e. The molecule has 2 rings (SSSR count). The van der Waals surface area contributed by atoms with E-state index < -0.39 is 0 Å². The van der Waals surface area contributed by atoms with E-state index in [0.29, 0.717) is 10.8 Å². The monoisotopic (exact) mass is 422 g/mol. The summed E-state index contributed by atoms with van der Waals surface area (Å²) in [6.07, 6.45) is 20.5. The standard InChI is InChI=1S/C11H22.C10H20.C9H20/c1-3-4-5-11-8-6-10(2)7-9-11;1-10(2,3)9-7-5-4-6-8-9;1-8(2)6-7-9(3,4)5/h10-11H,3-9H2,1-2H3;9H,4-8H2,1-3H3;8H,6-7H2,1-5H3. The Morgan fingerprint density at radius 1 is 0.767 bits per heavy atom. The smallest absolute Gasteiger partial charge is 0.0354 e. The van der Waals surface area contributed by atoms with Crippen LogP contribution in [0.2, 0.25) is 0 Å². The molecule has 0 N–H and O–H groups in total. The van der Waals surface area contributed by atoms with E-state index >= 15 is 0 Å². The van der Waals surface area contributed by atoms with Crippen LogP contribution >= 0.6 is 0 Å². The van der Waals surface area contributed by atoms with Crippen LogP contribution in [0.15, 0.2) is 0 Å². The Labute approximate surface area is 193 Å². The minimum absolute atomic E-state index is 0.532. The lowest BCUT2D eigenvalue weighted by atomic mass is 9.72. The lowest BCUT2D eigenvalue weighted by Crippen LogP contribution is -2.22. The first kappa shape index (κ1) is 30.0. The van der Waals surface area contributed by atoms with Gasteiger partial charge in [0.2, 0.25) is 0 Å². The summed E-state index contributed by atoms with van der Waals surface area (Å²) in [4.78, 5) is 0. The zero-order valence-electron chi connectivity index (χ0n) is 23.2. The van der Waals surface area contributed by atoms with Crippen LogP contribution in [0.4, 0.5) is 0 Å². The average Bonchev–Trinajstić information content (AvgIpc) is 2.67. The average molecular weight is 423 g/mol. The minimum atomic E-state index is 0.532. The number of unbranched alkanes of at least 4 members (excludes halogenated alkanes) is 1. The van der Waals surface area contributed by atoms with Crippen LogP contribution in [0.1, 0.15) is 159 Å². The molecule has 0 nitrogen and oxygen atoms in total. The third kappa shape index (κ3) is 17.7. The molecule has 2 saturated carbocycles. The van der Waals surface area contributed by atoms with Crippen molar-refractivity contribution in [2.45, 2.75) is 159 Å². The van der Waals surface area contributed by atoms with Gasteiger partial charge in [-0.05, 0) is 53.8 Å². The maximum atomic E-state index is 2.40. The van der Waals surface area contributed by atoms with E-state index in [1.807, 2.05) is 0 Å². The molecule has 0 heterocycles. The Balaban J connectivity index is 0.000000423. The number of hydrogen-bond acceptors (Lipinski definition) is 0. The molecule has 182 valence electrons. The van der Waals surface area contributed by atoms with Crippen molar-refractivity contribution in [1.82, 2.24) is 0 Å². The Morgan fingerprint density at radius 3 is 1.63 bits per heavy atom. The summed E-state index contributed by atoms with van der Waals surface area (Å²) >= 11 is 0. The van der Waals surface area contributed by atoms with Crippen LogP contribution in [0.5, 0.6) is 0 Å². The third-order valence-electron chi connectivity index (χ3n) is 7.40. The first-order chi connectivity index (χ1) is 13.8. The van der Waals surface area contributed by atoms with Gasteiger partial charge in [-0.1, -0.05) is 140 Å². The van der Waals surface area contributed by atoms with Gasteiger partial charge in [0, 0.05) is 0 Å². The molecule has 0 heteroatoms. The summed E-state index contributed by atoms with van der Waals surface area (Å²) < 4.78 is 0. The van der Waals surface area contributed by atoms with Gasteiger partial charge in [-0.25, -0.2) is 0 Å². The zero-order chi connectivity index (χ0) is 23.2. The highest BCUT2D eigenvalue weighted by molar-refractivity contribution is 4.76.